The fraction of sp³-hybridized carbons (Fsp3) is 0.455. The van der Waals surface area contributed by atoms with E-state index in [1.54, 1.807) is 0 Å². The van der Waals surface area contributed by atoms with Crippen LogP contribution in [-0.4, -0.2) is 35.0 Å². The number of carbonyl (C=O) groups excluding carboxylic acids is 1. The summed E-state index contributed by atoms with van der Waals surface area (Å²) in [4.78, 5) is 18.9. The molecule has 1 aromatic heterocycles. The Balaban J connectivity index is 1.19. The fourth-order valence-electron chi connectivity index (χ4n) is 4.53. The van der Waals surface area contributed by atoms with Crippen LogP contribution in [0.15, 0.2) is 42.7 Å². The maximum Gasteiger partial charge on any atom is 0.315 e. The number of nitrogens with zero attached hydrogens (tertiary/aromatic N) is 2. The predicted molar refractivity (Wildman–Crippen MR) is 111 cm³/mol. The number of benzene rings is 1. The van der Waals surface area contributed by atoms with E-state index in [9.17, 15) is 4.79 Å². The molecule has 1 aliphatic heterocycles. The minimum atomic E-state index is -0.0861. The maximum absolute atomic E-state index is 12.2. The van der Waals surface area contributed by atoms with Crippen LogP contribution in [0.3, 0.4) is 0 Å². The summed E-state index contributed by atoms with van der Waals surface area (Å²) >= 11 is 5.89. The zero-order valence-electron chi connectivity index (χ0n) is 16.2. The van der Waals surface area contributed by atoms with E-state index in [0.29, 0.717) is 17.0 Å². The highest BCUT2D eigenvalue weighted by atomic mass is 35.5. The summed E-state index contributed by atoms with van der Waals surface area (Å²) in [7, 11) is 0. The molecule has 0 bridgehead atoms. The van der Waals surface area contributed by atoms with Gasteiger partial charge in [-0.1, -0.05) is 23.7 Å². The van der Waals surface area contributed by atoms with Crippen molar-refractivity contribution >= 4 is 17.6 Å². The Labute approximate surface area is 171 Å². The number of hydrogen-bond acceptors (Lipinski definition) is 3. The van der Waals surface area contributed by atoms with Crippen molar-refractivity contribution in [3.8, 4) is 0 Å². The molecule has 1 saturated carbocycles. The van der Waals surface area contributed by atoms with Crippen LogP contribution in [0.25, 0.3) is 0 Å². The van der Waals surface area contributed by atoms with Crippen LogP contribution in [0.1, 0.15) is 36.0 Å². The van der Waals surface area contributed by atoms with E-state index >= 15 is 0 Å². The first kappa shape index (κ1) is 19.2. The van der Waals surface area contributed by atoms with Gasteiger partial charge in [0.25, 0.3) is 0 Å². The molecule has 6 heteroatoms. The molecule has 148 valence electrons. The van der Waals surface area contributed by atoms with E-state index in [4.69, 9.17) is 11.6 Å². The lowest BCUT2D eigenvalue weighted by atomic mass is 9.65. The van der Waals surface area contributed by atoms with Crippen molar-refractivity contribution in [2.75, 3.05) is 13.1 Å². The number of likely N-dealkylation sites (tertiary alicyclic amines) is 1. The molecule has 0 radical (unpaired) electrons. The molecule has 28 heavy (non-hydrogen) atoms. The number of nitrogens with one attached hydrogen (secondary N) is 2. The van der Waals surface area contributed by atoms with Gasteiger partial charge in [-0.15, -0.1) is 0 Å². The third-order valence-electron chi connectivity index (χ3n) is 6.11. The Morgan fingerprint density at radius 2 is 2.07 bits per heavy atom. The maximum atomic E-state index is 12.2. The van der Waals surface area contributed by atoms with Crippen LogP contribution in [0.2, 0.25) is 5.02 Å². The first-order valence-electron chi connectivity index (χ1n) is 9.92. The normalized spacial score (nSPS) is 24.1. The molecule has 1 aromatic carbocycles. The van der Waals surface area contributed by atoms with Gasteiger partial charge >= 0.3 is 6.03 Å². The smallest absolute Gasteiger partial charge is 0.315 e. The molecule has 1 aliphatic carbocycles. The fourth-order valence-corrected chi connectivity index (χ4v) is 4.65. The minimum absolute atomic E-state index is 0.0861. The molecule has 2 N–H and O–H groups in total. The molecule has 0 atom stereocenters. The van der Waals surface area contributed by atoms with Gasteiger partial charge in [-0.05, 0) is 73.0 Å². The predicted octanol–water partition coefficient (Wildman–Crippen LogP) is 3.90. The quantitative estimate of drug-likeness (QED) is 0.803. The zero-order valence-corrected chi connectivity index (χ0v) is 17.0. The number of hydrogen-bond donors (Lipinski definition) is 2. The van der Waals surface area contributed by atoms with Crippen LogP contribution in [0.5, 0.6) is 0 Å². The van der Waals surface area contributed by atoms with Crippen molar-refractivity contribution < 1.29 is 4.79 Å². The van der Waals surface area contributed by atoms with E-state index in [0.717, 1.165) is 38.0 Å². The van der Waals surface area contributed by atoms with Gasteiger partial charge in [0.05, 0.1) is 0 Å². The molecule has 2 aromatic rings. The molecular formula is C22H27ClN4O. The summed E-state index contributed by atoms with van der Waals surface area (Å²) in [6, 6.07) is 9.86. The topological polar surface area (TPSA) is 57.3 Å². The molecule has 2 aliphatic rings. The lowest BCUT2D eigenvalue weighted by Crippen LogP contribution is -2.53. The van der Waals surface area contributed by atoms with Crippen molar-refractivity contribution in [3.63, 3.8) is 0 Å². The van der Waals surface area contributed by atoms with Gasteiger partial charge in [0.1, 0.15) is 0 Å². The van der Waals surface area contributed by atoms with Gasteiger partial charge in [-0.25, -0.2) is 4.79 Å². The molecule has 2 fully saturated rings. The van der Waals surface area contributed by atoms with Crippen molar-refractivity contribution in [1.29, 1.82) is 0 Å². The first-order valence-corrected chi connectivity index (χ1v) is 10.3. The summed E-state index contributed by atoms with van der Waals surface area (Å²) in [5.74, 6) is 0. The van der Waals surface area contributed by atoms with Gasteiger partial charge in [-0.2, -0.15) is 0 Å². The number of urea groups is 1. The average molecular weight is 399 g/mol. The van der Waals surface area contributed by atoms with Gasteiger partial charge < -0.3 is 10.6 Å². The van der Waals surface area contributed by atoms with Crippen LogP contribution in [0, 0.1) is 12.3 Å². The number of amides is 2. The number of pyridine rings is 1. The van der Waals surface area contributed by atoms with E-state index in [-0.39, 0.29) is 12.1 Å². The Bertz CT molecular complexity index is 833. The summed E-state index contributed by atoms with van der Waals surface area (Å²) in [5.41, 5.74) is 4.05. The van der Waals surface area contributed by atoms with E-state index in [1.807, 2.05) is 36.7 Å². The molecule has 1 saturated heterocycles. The van der Waals surface area contributed by atoms with Gasteiger partial charge in [0.2, 0.25) is 0 Å². The second-order valence-electron chi connectivity index (χ2n) is 8.32. The van der Waals surface area contributed by atoms with Crippen molar-refractivity contribution in [2.24, 2.45) is 5.41 Å². The minimum Gasteiger partial charge on any atom is -0.335 e. The first-order chi connectivity index (χ1) is 13.5. The highest BCUT2D eigenvalue weighted by Gasteiger charge is 2.48. The Morgan fingerprint density at radius 3 is 2.82 bits per heavy atom. The van der Waals surface area contributed by atoms with Crippen LogP contribution in [-0.2, 0) is 13.1 Å². The standard InChI is InChI=1S/C22H27ClN4O/c1-16-12-24-8-6-18(16)14-27-9-7-22(15-27)10-20(11-22)26-21(28)25-13-17-2-4-19(23)5-3-17/h2-6,8,12,20H,7,9-11,13-15H2,1H3,(H2,25,26,28). The van der Waals surface area contributed by atoms with Gasteiger partial charge in [0, 0.05) is 43.1 Å². The van der Waals surface area contributed by atoms with E-state index < -0.39 is 0 Å². The third kappa shape index (κ3) is 4.47. The Hall–Kier alpha value is -2.11. The Morgan fingerprint density at radius 1 is 1.29 bits per heavy atom. The third-order valence-corrected chi connectivity index (χ3v) is 6.36. The molecular weight excluding hydrogens is 372 g/mol. The highest BCUT2D eigenvalue weighted by Crippen LogP contribution is 2.48. The number of halogens is 1. The lowest BCUT2D eigenvalue weighted by molar-refractivity contribution is 0.0929. The van der Waals surface area contributed by atoms with Crippen LogP contribution in [0.4, 0.5) is 4.79 Å². The van der Waals surface area contributed by atoms with Crippen molar-refractivity contribution in [1.82, 2.24) is 20.5 Å². The summed E-state index contributed by atoms with van der Waals surface area (Å²) in [6.45, 7) is 5.90. The molecule has 1 spiro atoms. The molecule has 0 unspecified atom stereocenters. The molecule has 5 nitrogen and oxygen atoms in total. The number of aryl methyl sites for hydroxylation is 1. The second kappa shape index (κ2) is 8.10. The monoisotopic (exact) mass is 398 g/mol. The molecule has 2 heterocycles. The SMILES string of the molecule is Cc1cnccc1CN1CCC2(CC(NC(=O)NCc3ccc(Cl)cc3)C2)C1. The van der Waals surface area contributed by atoms with E-state index in [2.05, 4.69) is 33.5 Å². The van der Waals surface area contributed by atoms with E-state index in [1.165, 1.54) is 17.5 Å². The van der Waals surface area contributed by atoms with Crippen molar-refractivity contribution in [3.05, 3.63) is 64.4 Å². The molecule has 4 rings (SSSR count). The van der Waals surface area contributed by atoms with Gasteiger partial charge in [0.15, 0.2) is 0 Å². The summed E-state index contributed by atoms with van der Waals surface area (Å²) in [6.07, 6.45) is 7.19. The van der Waals surface area contributed by atoms with Crippen LogP contribution < -0.4 is 10.6 Å². The number of aromatic nitrogens is 1. The average Bonchev–Trinajstić information content (AvgIpc) is 3.07. The van der Waals surface area contributed by atoms with Crippen molar-refractivity contribution in [2.45, 2.75) is 45.3 Å². The highest BCUT2D eigenvalue weighted by molar-refractivity contribution is 6.30. The number of carbonyl (C=O) groups is 1. The second-order valence-corrected chi connectivity index (χ2v) is 8.76. The summed E-state index contributed by atoms with van der Waals surface area (Å²) in [5, 5.41) is 6.76. The van der Waals surface area contributed by atoms with Crippen LogP contribution >= 0.6 is 11.6 Å². The lowest BCUT2D eigenvalue weighted by Gasteiger charge is -2.45. The van der Waals surface area contributed by atoms with Gasteiger partial charge in [-0.3, -0.25) is 9.88 Å². The summed E-state index contributed by atoms with van der Waals surface area (Å²) < 4.78 is 0. The molecule has 2 amide bonds. The largest absolute Gasteiger partial charge is 0.335 e. The Kier molecular flexibility index (Phi) is 5.56. The zero-order chi connectivity index (χ0) is 19.6. The number of rotatable bonds is 5.